The standard InChI is InChI=1S/C16H19N5/c1-11-18-14(9-15(19-11)21-16(2,3)4)20-13-7-5-12(10-17)6-8-13/h5-9H,1-4H3,(H2,18,19,20,21). The largest absolute Gasteiger partial charge is 0.365 e. The van der Waals surface area contributed by atoms with Crippen molar-refractivity contribution in [1.82, 2.24) is 9.97 Å². The van der Waals surface area contributed by atoms with Crippen LogP contribution < -0.4 is 10.6 Å². The minimum Gasteiger partial charge on any atom is -0.365 e. The maximum atomic E-state index is 8.80. The molecule has 0 aliphatic carbocycles. The average Bonchev–Trinajstić information content (AvgIpc) is 2.36. The molecule has 0 spiro atoms. The van der Waals surface area contributed by atoms with Crippen LogP contribution in [0.25, 0.3) is 0 Å². The van der Waals surface area contributed by atoms with Crippen molar-refractivity contribution in [2.75, 3.05) is 10.6 Å². The molecule has 0 saturated carbocycles. The van der Waals surface area contributed by atoms with E-state index in [-0.39, 0.29) is 5.54 Å². The summed E-state index contributed by atoms with van der Waals surface area (Å²) in [6.07, 6.45) is 0. The third kappa shape index (κ3) is 4.46. The fourth-order valence-corrected chi connectivity index (χ4v) is 1.86. The number of hydrogen-bond acceptors (Lipinski definition) is 5. The highest BCUT2D eigenvalue weighted by Gasteiger charge is 2.11. The van der Waals surface area contributed by atoms with Crippen LogP contribution in [-0.4, -0.2) is 15.5 Å². The van der Waals surface area contributed by atoms with Crippen molar-refractivity contribution in [2.24, 2.45) is 0 Å². The predicted molar refractivity (Wildman–Crippen MR) is 84.6 cm³/mol. The lowest BCUT2D eigenvalue weighted by atomic mass is 10.1. The van der Waals surface area contributed by atoms with Gasteiger partial charge in [-0.25, -0.2) is 9.97 Å². The Bertz CT molecular complexity index is 663. The van der Waals surface area contributed by atoms with Crippen molar-refractivity contribution in [2.45, 2.75) is 33.2 Å². The van der Waals surface area contributed by atoms with Gasteiger partial charge in [0.1, 0.15) is 17.5 Å². The van der Waals surface area contributed by atoms with E-state index in [1.807, 2.05) is 25.1 Å². The molecule has 2 aromatic rings. The molecule has 5 heteroatoms. The van der Waals surface area contributed by atoms with Crippen LogP contribution in [0.3, 0.4) is 0 Å². The molecule has 0 aliphatic rings. The van der Waals surface area contributed by atoms with E-state index in [1.165, 1.54) is 0 Å². The van der Waals surface area contributed by atoms with Crippen LogP contribution in [0.15, 0.2) is 30.3 Å². The molecule has 0 saturated heterocycles. The summed E-state index contributed by atoms with van der Waals surface area (Å²) in [7, 11) is 0. The summed E-state index contributed by atoms with van der Waals surface area (Å²) < 4.78 is 0. The van der Waals surface area contributed by atoms with Crippen molar-refractivity contribution < 1.29 is 0 Å². The molecule has 2 N–H and O–H groups in total. The van der Waals surface area contributed by atoms with Crippen molar-refractivity contribution >= 4 is 17.3 Å². The van der Waals surface area contributed by atoms with Gasteiger partial charge in [-0.3, -0.25) is 0 Å². The number of anilines is 3. The summed E-state index contributed by atoms with van der Waals surface area (Å²) in [5.74, 6) is 2.20. The lowest BCUT2D eigenvalue weighted by Gasteiger charge is -2.21. The molecular formula is C16H19N5. The molecule has 108 valence electrons. The van der Waals surface area contributed by atoms with Crippen LogP contribution in [0, 0.1) is 18.3 Å². The first kappa shape index (κ1) is 14.8. The molecule has 0 bridgehead atoms. The summed E-state index contributed by atoms with van der Waals surface area (Å²) in [6, 6.07) is 11.2. The van der Waals surface area contributed by atoms with Crippen LogP contribution in [0.2, 0.25) is 0 Å². The second-order valence-electron chi connectivity index (χ2n) is 5.87. The Kier molecular flexibility index (Phi) is 4.08. The van der Waals surface area contributed by atoms with Gasteiger partial charge >= 0.3 is 0 Å². The molecule has 1 aromatic carbocycles. The first-order valence-electron chi connectivity index (χ1n) is 6.77. The van der Waals surface area contributed by atoms with E-state index in [2.05, 4.69) is 47.4 Å². The highest BCUT2D eigenvalue weighted by molar-refractivity contribution is 5.60. The van der Waals surface area contributed by atoms with Crippen LogP contribution in [0.5, 0.6) is 0 Å². The van der Waals surface area contributed by atoms with Gasteiger partial charge in [-0.2, -0.15) is 5.26 Å². The van der Waals surface area contributed by atoms with Crippen molar-refractivity contribution in [3.8, 4) is 6.07 Å². The van der Waals surface area contributed by atoms with E-state index in [0.29, 0.717) is 11.4 Å². The van der Waals surface area contributed by atoms with E-state index in [1.54, 1.807) is 12.1 Å². The summed E-state index contributed by atoms with van der Waals surface area (Å²) in [5.41, 5.74) is 1.45. The van der Waals surface area contributed by atoms with Gasteiger partial charge in [0.15, 0.2) is 0 Å². The number of nitriles is 1. The topological polar surface area (TPSA) is 73.6 Å². The number of nitrogens with zero attached hydrogens (tertiary/aromatic N) is 3. The Labute approximate surface area is 125 Å². The van der Waals surface area contributed by atoms with E-state index >= 15 is 0 Å². The summed E-state index contributed by atoms with van der Waals surface area (Å²) in [5, 5.41) is 15.4. The van der Waals surface area contributed by atoms with Gasteiger partial charge in [0, 0.05) is 17.3 Å². The number of aryl methyl sites for hydroxylation is 1. The maximum absolute atomic E-state index is 8.80. The molecule has 0 atom stereocenters. The number of aromatic nitrogens is 2. The quantitative estimate of drug-likeness (QED) is 0.899. The van der Waals surface area contributed by atoms with Crippen LogP contribution in [0.1, 0.15) is 32.2 Å². The fraction of sp³-hybridized carbons (Fsp3) is 0.312. The fourth-order valence-electron chi connectivity index (χ4n) is 1.86. The Morgan fingerprint density at radius 1 is 1.05 bits per heavy atom. The SMILES string of the molecule is Cc1nc(Nc2ccc(C#N)cc2)cc(NC(C)(C)C)n1. The van der Waals surface area contributed by atoms with Gasteiger partial charge in [-0.15, -0.1) is 0 Å². The molecular weight excluding hydrogens is 262 g/mol. The highest BCUT2D eigenvalue weighted by atomic mass is 15.1. The van der Waals surface area contributed by atoms with Gasteiger partial charge < -0.3 is 10.6 Å². The normalized spacial score (nSPS) is 10.8. The molecule has 5 nitrogen and oxygen atoms in total. The third-order valence-electron chi connectivity index (χ3n) is 2.63. The van der Waals surface area contributed by atoms with Crippen LogP contribution >= 0.6 is 0 Å². The van der Waals surface area contributed by atoms with Gasteiger partial charge in [-0.1, -0.05) is 0 Å². The summed E-state index contributed by atoms with van der Waals surface area (Å²) in [4.78, 5) is 8.76. The van der Waals surface area contributed by atoms with Crippen molar-refractivity contribution in [3.63, 3.8) is 0 Å². The highest BCUT2D eigenvalue weighted by Crippen LogP contribution is 2.19. The molecule has 0 amide bonds. The van der Waals surface area contributed by atoms with Crippen LogP contribution in [-0.2, 0) is 0 Å². The zero-order chi connectivity index (χ0) is 15.5. The molecule has 2 rings (SSSR count). The van der Waals surface area contributed by atoms with Gasteiger partial charge in [0.2, 0.25) is 0 Å². The van der Waals surface area contributed by atoms with E-state index < -0.39 is 0 Å². The molecule has 0 aliphatic heterocycles. The van der Waals surface area contributed by atoms with Gasteiger partial charge in [-0.05, 0) is 52.0 Å². The Morgan fingerprint density at radius 2 is 1.67 bits per heavy atom. The minimum absolute atomic E-state index is 0.0630. The lowest BCUT2D eigenvalue weighted by molar-refractivity contribution is 0.629. The molecule has 0 radical (unpaired) electrons. The Balaban J connectivity index is 2.21. The molecule has 0 fully saturated rings. The van der Waals surface area contributed by atoms with Gasteiger partial charge in [0.05, 0.1) is 11.6 Å². The maximum Gasteiger partial charge on any atom is 0.136 e. The van der Waals surface area contributed by atoms with Crippen LogP contribution in [0.4, 0.5) is 17.3 Å². The van der Waals surface area contributed by atoms with E-state index in [0.717, 1.165) is 17.3 Å². The minimum atomic E-state index is -0.0630. The van der Waals surface area contributed by atoms with Crippen molar-refractivity contribution in [1.29, 1.82) is 5.26 Å². The number of nitrogens with one attached hydrogen (secondary N) is 2. The monoisotopic (exact) mass is 281 g/mol. The van der Waals surface area contributed by atoms with E-state index in [9.17, 15) is 0 Å². The molecule has 0 unspecified atom stereocenters. The molecule has 1 heterocycles. The number of hydrogen-bond donors (Lipinski definition) is 2. The Morgan fingerprint density at radius 3 is 2.24 bits per heavy atom. The number of benzene rings is 1. The zero-order valence-corrected chi connectivity index (χ0v) is 12.7. The second kappa shape index (κ2) is 5.80. The third-order valence-corrected chi connectivity index (χ3v) is 2.63. The molecule has 21 heavy (non-hydrogen) atoms. The smallest absolute Gasteiger partial charge is 0.136 e. The first-order valence-corrected chi connectivity index (χ1v) is 6.77. The second-order valence-corrected chi connectivity index (χ2v) is 5.87. The predicted octanol–water partition coefficient (Wildman–Crippen LogP) is 3.61. The first-order chi connectivity index (χ1) is 9.85. The lowest BCUT2D eigenvalue weighted by Crippen LogP contribution is -2.26. The van der Waals surface area contributed by atoms with E-state index in [4.69, 9.17) is 5.26 Å². The Hall–Kier alpha value is -2.61. The average molecular weight is 281 g/mol. The van der Waals surface area contributed by atoms with Crippen molar-refractivity contribution in [3.05, 3.63) is 41.7 Å². The number of rotatable bonds is 3. The van der Waals surface area contributed by atoms with Gasteiger partial charge in [0.25, 0.3) is 0 Å². The molecule has 1 aromatic heterocycles. The summed E-state index contributed by atoms with van der Waals surface area (Å²) in [6.45, 7) is 8.10. The zero-order valence-electron chi connectivity index (χ0n) is 12.7. The summed E-state index contributed by atoms with van der Waals surface area (Å²) >= 11 is 0.